The maximum atomic E-state index is 5.57. The van der Waals surface area contributed by atoms with Gasteiger partial charge >= 0.3 is 0 Å². The number of furan rings is 1. The van der Waals surface area contributed by atoms with Crippen LogP contribution in [0.15, 0.2) is 22.8 Å². The highest BCUT2D eigenvalue weighted by molar-refractivity contribution is 4.98. The molecule has 98 valence electrons. The first-order valence-electron chi connectivity index (χ1n) is 6.27. The van der Waals surface area contributed by atoms with Crippen molar-refractivity contribution < 1.29 is 9.15 Å². The third-order valence-electron chi connectivity index (χ3n) is 2.96. The zero-order valence-corrected chi connectivity index (χ0v) is 10.9. The lowest BCUT2D eigenvalue weighted by Crippen LogP contribution is -2.38. The van der Waals surface area contributed by atoms with Crippen LogP contribution >= 0.6 is 0 Å². The molecule has 4 nitrogen and oxygen atoms in total. The van der Waals surface area contributed by atoms with Crippen molar-refractivity contribution in [1.29, 1.82) is 0 Å². The average Bonchev–Trinajstić information content (AvgIpc) is 2.84. The van der Waals surface area contributed by atoms with Crippen LogP contribution in [0.3, 0.4) is 0 Å². The van der Waals surface area contributed by atoms with Gasteiger partial charge in [0, 0.05) is 13.2 Å². The van der Waals surface area contributed by atoms with Crippen LogP contribution in [0.1, 0.15) is 25.5 Å². The summed E-state index contributed by atoms with van der Waals surface area (Å²) in [5.41, 5.74) is 5.57. The van der Waals surface area contributed by atoms with Gasteiger partial charge in [-0.1, -0.05) is 6.92 Å². The molecule has 2 N–H and O–H groups in total. The highest BCUT2D eigenvalue weighted by Gasteiger charge is 2.17. The quantitative estimate of drug-likeness (QED) is 0.716. The topological polar surface area (TPSA) is 51.6 Å². The molecular formula is C13H24N2O2. The summed E-state index contributed by atoms with van der Waals surface area (Å²) in [6.07, 6.45) is 3.82. The monoisotopic (exact) mass is 240 g/mol. The largest absolute Gasteiger partial charge is 0.468 e. The van der Waals surface area contributed by atoms with Crippen LogP contribution in [-0.4, -0.2) is 37.7 Å². The second-order valence-corrected chi connectivity index (χ2v) is 4.18. The Morgan fingerprint density at radius 3 is 2.88 bits per heavy atom. The number of hydrogen-bond donors (Lipinski definition) is 1. The Hall–Kier alpha value is -0.840. The lowest BCUT2D eigenvalue weighted by Gasteiger charge is -2.29. The summed E-state index contributed by atoms with van der Waals surface area (Å²) in [4.78, 5) is 2.37. The van der Waals surface area contributed by atoms with E-state index in [1.165, 1.54) is 0 Å². The van der Waals surface area contributed by atoms with Crippen LogP contribution in [-0.2, 0) is 11.3 Å². The lowest BCUT2D eigenvalue weighted by molar-refractivity contribution is 0.0782. The number of likely N-dealkylation sites (N-methyl/N-ethyl adjacent to an activating group) is 1. The van der Waals surface area contributed by atoms with Gasteiger partial charge < -0.3 is 14.9 Å². The van der Waals surface area contributed by atoms with Crippen molar-refractivity contribution in [3.8, 4) is 0 Å². The van der Waals surface area contributed by atoms with Crippen LogP contribution in [0.4, 0.5) is 0 Å². The molecule has 1 aromatic heterocycles. The molecule has 0 fully saturated rings. The minimum atomic E-state index is 0.415. The van der Waals surface area contributed by atoms with Crippen LogP contribution in [0.25, 0.3) is 0 Å². The Balaban J connectivity index is 2.53. The maximum absolute atomic E-state index is 5.57. The highest BCUT2D eigenvalue weighted by atomic mass is 16.5. The molecular weight excluding hydrogens is 216 g/mol. The molecule has 1 aromatic rings. The van der Waals surface area contributed by atoms with Gasteiger partial charge in [-0.05, 0) is 38.1 Å². The van der Waals surface area contributed by atoms with Crippen LogP contribution in [0, 0.1) is 0 Å². The third-order valence-corrected chi connectivity index (χ3v) is 2.96. The SMILES string of the molecule is CCN(Cc1ccco1)C(CCCN)COC. The molecule has 0 aliphatic heterocycles. The van der Waals surface area contributed by atoms with E-state index in [4.69, 9.17) is 14.9 Å². The Labute approximate surface area is 104 Å². The molecule has 1 heterocycles. The van der Waals surface area contributed by atoms with Gasteiger partial charge in [-0.2, -0.15) is 0 Å². The fourth-order valence-corrected chi connectivity index (χ4v) is 2.02. The number of nitrogens with two attached hydrogens (primary N) is 1. The van der Waals surface area contributed by atoms with E-state index in [9.17, 15) is 0 Å². The molecule has 1 unspecified atom stereocenters. The van der Waals surface area contributed by atoms with Crippen LogP contribution in [0.5, 0.6) is 0 Å². The van der Waals surface area contributed by atoms with Crippen molar-refractivity contribution in [3.63, 3.8) is 0 Å². The Kier molecular flexibility index (Phi) is 6.93. The van der Waals surface area contributed by atoms with E-state index in [2.05, 4.69) is 11.8 Å². The van der Waals surface area contributed by atoms with E-state index in [-0.39, 0.29) is 0 Å². The Morgan fingerprint density at radius 1 is 1.53 bits per heavy atom. The third kappa shape index (κ3) is 4.89. The van der Waals surface area contributed by atoms with Crippen molar-refractivity contribution in [2.75, 3.05) is 26.8 Å². The minimum absolute atomic E-state index is 0.415. The van der Waals surface area contributed by atoms with Gasteiger partial charge in [0.1, 0.15) is 5.76 Å². The van der Waals surface area contributed by atoms with Crippen molar-refractivity contribution in [3.05, 3.63) is 24.2 Å². The number of nitrogens with zero attached hydrogens (tertiary/aromatic N) is 1. The van der Waals surface area contributed by atoms with Gasteiger partial charge in [0.05, 0.1) is 19.4 Å². The molecule has 0 saturated carbocycles. The number of methoxy groups -OCH3 is 1. The summed E-state index contributed by atoms with van der Waals surface area (Å²) < 4.78 is 10.7. The molecule has 1 atom stereocenters. The van der Waals surface area contributed by atoms with Crippen LogP contribution < -0.4 is 5.73 Å². The number of rotatable bonds is 9. The average molecular weight is 240 g/mol. The molecule has 0 radical (unpaired) electrons. The molecule has 17 heavy (non-hydrogen) atoms. The Bertz CT molecular complexity index is 275. The lowest BCUT2D eigenvalue weighted by atomic mass is 10.1. The summed E-state index contributed by atoms with van der Waals surface area (Å²) in [6.45, 7) is 5.46. The molecule has 0 aromatic carbocycles. The summed E-state index contributed by atoms with van der Waals surface area (Å²) in [5.74, 6) is 1.00. The first kappa shape index (κ1) is 14.2. The Morgan fingerprint density at radius 2 is 2.35 bits per heavy atom. The van der Waals surface area contributed by atoms with Gasteiger partial charge in [-0.15, -0.1) is 0 Å². The molecule has 0 saturated heterocycles. The van der Waals surface area contributed by atoms with E-state index in [0.29, 0.717) is 6.04 Å². The van der Waals surface area contributed by atoms with E-state index in [1.807, 2.05) is 12.1 Å². The van der Waals surface area contributed by atoms with Gasteiger partial charge in [-0.3, -0.25) is 4.90 Å². The fourth-order valence-electron chi connectivity index (χ4n) is 2.02. The number of ether oxygens (including phenoxy) is 1. The van der Waals surface area contributed by atoms with Crippen molar-refractivity contribution in [2.45, 2.75) is 32.4 Å². The van der Waals surface area contributed by atoms with Gasteiger partial charge in [-0.25, -0.2) is 0 Å². The van der Waals surface area contributed by atoms with Crippen LogP contribution in [0.2, 0.25) is 0 Å². The first-order chi connectivity index (χ1) is 8.31. The predicted molar refractivity (Wildman–Crippen MR) is 68.7 cm³/mol. The first-order valence-corrected chi connectivity index (χ1v) is 6.27. The van der Waals surface area contributed by atoms with E-state index in [0.717, 1.165) is 44.8 Å². The second kappa shape index (κ2) is 8.28. The van der Waals surface area contributed by atoms with Gasteiger partial charge in [0.25, 0.3) is 0 Å². The molecule has 0 amide bonds. The molecule has 0 bridgehead atoms. The van der Waals surface area contributed by atoms with E-state index in [1.54, 1.807) is 13.4 Å². The van der Waals surface area contributed by atoms with Gasteiger partial charge in [0.15, 0.2) is 0 Å². The highest BCUT2D eigenvalue weighted by Crippen LogP contribution is 2.12. The van der Waals surface area contributed by atoms with E-state index >= 15 is 0 Å². The zero-order chi connectivity index (χ0) is 12.5. The van der Waals surface area contributed by atoms with Crippen molar-refractivity contribution >= 4 is 0 Å². The normalized spacial score (nSPS) is 13.2. The molecule has 1 rings (SSSR count). The zero-order valence-electron chi connectivity index (χ0n) is 10.9. The summed E-state index contributed by atoms with van der Waals surface area (Å²) in [5, 5.41) is 0. The van der Waals surface area contributed by atoms with E-state index < -0.39 is 0 Å². The van der Waals surface area contributed by atoms with Gasteiger partial charge in [0.2, 0.25) is 0 Å². The molecule has 0 aliphatic carbocycles. The minimum Gasteiger partial charge on any atom is -0.468 e. The van der Waals surface area contributed by atoms with Crippen molar-refractivity contribution in [2.24, 2.45) is 5.73 Å². The molecule has 0 spiro atoms. The summed E-state index contributed by atoms with van der Waals surface area (Å²) >= 11 is 0. The smallest absolute Gasteiger partial charge is 0.117 e. The fraction of sp³-hybridized carbons (Fsp3) is 0.692. The summed E-state index contributed by atoms with van der Waals surface area (Å²) in [7, 11) is 1.75. The standard InChI is InChI=1S/C13H24N2O2/c1-3-15(10-13-7-5-9-17-13)12(11-16-2)6-4-8-14/h5,7,9,12H,3-4,6,8,10-11,14H2,1-2H3. The van der Waals surface area contributed by atoms with Crippen molar-refractivity contribution in [1.82, 2.24) is 4.90 Å². The molecule has 0 aliphatic rings. The molecule has 4 heteroatoms. The second-order valence-electron chi connectivity index (χ2n) is 4.18. The maximum Gasteiger partial charge on any atom is 0.117 e. The number of hydrogen-bond acceptors (Lipinski definition) is 4. The predicted octanol–water partition coefficient (Wildman–Crippen LogP) is 1.86. The summed E-state index contributed by atoms with van der Waals surface area (Å²) in [6, 6.07) is 4.35.